The molecule has 1 aromatic carbocycles. The largest absolute Gasteiger partial charge is 0.439 e. The van der Waals surface area contributed by atoms with E-state index in [2.05, 4.69) is 27.6 Å². The number of aryl methyl sites for hydroxylation is 1. The highest BCUT2D eigenvalue weighted by atomic mass is 127. The van der Waals surface area contributed by atoms with E-state index in [9.17, 15) is 0 Å². The van der Waals surface area contributed by atoms with Crippen molar-refractivity contribution in [2.45, 2.75) is 6.92 Å². The smallest absolute Gasteiger partial charge is 0.219 e. The minimum Gasteiger partial charge on any atom is -0.439 e. The van der Waals surface area contributed by atoms with Crippen LogP contribution in [-0.2, 0) is 0 Å². The molecule has 0 amide bonds. The van der Waals surface area contributed by atoms with Gasteiger partial charge in [-0.1, -0.05) is 6.07 Å². The molecule has 0 atom stereocenters. The van der Waals surface area contributed by atoms with Gasteiger partial charge < -0.3 is 4.74 Å². The molecule has 0 N–H and O–H groups in total. The zero-order valence-electron chi connectivity index (χ0n) is 8.27. The van der Waals surface area contributed by atoms with E-state index in [-0.39, 0.29) is 0 Å². The van der Waals surface area contributed by atoms with Crippen LogP contribution >= 0.6 is 22.6 Å². The van der Waals surface area contributed by atoms with Crippen molar-refractivity contribution in [2.75, 3.05) is 0 Å². The van der Waals surface area contributed by atoms with Crippen molar-refractivity contribution in [1.29, 1.82) is 0 Å². The van der Waals surface area contributed by atoms with Crippen molar-refractivity contribution in [2.24, 2.45) is 0 Å². The Morgan fingerprint density at radius 3 is 2.47 bits per heavy atom. The predicted molar refractivity (Wildman–Crippen MR) is 68.2 cm³/mol. The van der Waals surface area contributed by atoms with E-state index in [0.29, 0.717) is 5.88 Å². The first-order valence-corrected chi connectivity index (χ1v) is 5.69. The molecular formula is C12H10INO. The van der Waals surface area contributed by atoms with Gasteiger partial charge in [-0.05, 0) is 59.8 Å². The fourth-order valence-electron chi connectivity index (χ4n) is 1.20. The predicted octanol–water partition coefficient (Wildman–Crippen LogP) is 3.79. The van der Waals surface area contributed by atoms with E-state index in [4.69, 9.17) is 4.74 Å². The number of nitrogens with zero attached hydrogens (tertiary/aromatic N) is 1. The number of ether oxygens (including phenoxy) is 1. The van der Waals surface area contributed by atoms with E-state index in [1.165, 1.54) is 3.57 Å². The lowest BCUT2D eigenvalue weighted by molar-refractivity contribution is 0.461. The van der Waals surface area contributed by atoms with Gasteiger partial charge >= 0.3 is 0 Å². The standard InChI is InChI=1S/C12H10INO/c1-9-3-2-4-12(14-9)15-11-7-5-10(13)6-8-11/h2-8H,1H3. The van der Waals surface area contributed by atoms with Gasteiger partial charge in [0, 0.05) is 15.3 Å². The van der Waals surface area contributed by atoms with Gasteiger partial charge in [-0.25, -0.2) is 4.98 Å². The molecule has 0 saturated carbocycles. The number of halogens is 1. The summed E-state index contributed by atoms with van der Waals surface area (Å²) in [7, 11) is 0. The zero-order valence-corrected chi connectivity index (χ0v) is 10.4. The fraction of sp³-hybridized carbons (Fsp3) is 0.0833. The SMILES string of the molecule is Cc1cccc(Oc2ccc(I)cc2)n1. The highest BCUT2D eigenvalue weighted by Gasteiger charge is 1.97. The number of benzene rings is 1. The van der Waals surface area contributed by atoms with Crippen LogP contribution in [0.1, 0.15) is 5.69 Å². The van der Waals surface area contributed by atoms with Gasteiger partial charge in [-0.15, -0.1) is 0 Å². The summed E-state index contributed by atoms with van der Waals surface area (Å²) in [5, 5.41) is 0. The average Bonchev–Trinajstić information content (AvgIpc) is 2.22. The third-order valence-corrected chi connectivity index (χ3v) is 2.62. The Balaban J connectivity index is 2.18. The lowest BCUT2D eigenvalue weighted by Crippen LogP contribution is -1.89. The Labute approximate surface area is 102 Å². The van der Waals surface area contributed by atoms with E-state index in [0.717, 1.165) is 11.4 Å². The molecule has 0 unspecified atom stereocenters. The molecule has 0 saturated heterocycles. The normalized spacial score (nSPS) is 10.0. The molecule has 2 rings (SSSR count). The maximum Gasteiger partial charge on any atom is 0.219 e. The maximum absolute atomic E-state index is 5.60. The molecule has 76 valence electrons. The monoisotopic (exact) mass is 311 g/mol. The fourth-order valence-corrected chi connectivity index (χ4v) is 1.56. The summed E-state index contributed by atoms with van der Waals surface area (Å²) in [6, 6.07) is 13.6. The number of rotatable bonds is 2. The second-order valence-electron chi connectivity index (χ2n) is 3.17. The Hall–Kier alpha value is -1.10. The summed E-state index contributed by atoms with van der Waals surface area (Å²) in [5.74, 6) is 1.45. The highest BCUT2D eigenvalue weighted by molar-refractivity contribution is 14.1. The summed E-state index contributed by atoms with van der Waals surface area (Å²) in [4.78, 5) is 4.27. The van der Waals surface area contributed by atoms with Crippen molar-refractivity contribution in [3.8, 4) is 11.6 Å². The second kappa shape index (κ2) is 4.61. The summed E-state index contributed by atoms with van der Waals surface area (Å²) in [6.07, 6.45) is 0. The summed E-state index contributed by atoms with van der Waals surface area (Å²) in [6.45, 7) is 1.95. The quantitative estimate of drug-likeness (QED) is 0.787. The van der Waals surface area contributed by atoms with Crippen LogP contribution in [0.3, 0.4) is 0 Å². The van der Waals surface area contributed by atoms with Gasteiger partial charge in [0.2, 0.25) is 5.88 Å². The molecule has 15 heavy (non-hydrogen) atoms. The molecule has 2 aromatic rings. The molecular weight excluding hydrogens is 301 g/mol. The first kappa shape index (κ1) is 10.4. The van der Waals surface area contributed by atoms with Crippen LogP contribution in [0.15, 0.2) is 42.5 Å². The van der Waals surface area contributed by atoms with Crippen molar-refractivity contribution < 1.29 is 4.74 Å². The Bertz CT molecular complexity index is 453. The number of pyridine rings is 1. The van der Waals surface area contributed by atoms with Gasteiger partial charge in [0.15, 0.2) is 0 Å². The topological polar surface area (TPSA) is 22.1 Å². The van der Waals surface area contributed by atoms with Gasteiger partial charge in [0.05, 0.1) is 0 Å². The zero-order chi connectivity index (χ0) is 10.7. The molecule has 0 radical (unpaired) electrons. The Kier molecular flexibility index (Phi) is 3.20. The molecule has 0 aliphatic heterocycles. The maximum atomic E-state index is 5.60. The number of hydrogen-bond acceptors (Lipinski definition) is 2. The minimum absolute atomic E-state index is 0.635. The minimum atomic E-state index is 0.635. The molecule has 1 heterocycles. The molecule has 3 heteroatoms. The lowest BCUT2D eigenvalue weighted by Gasteiger charge is -2.04. The first-order valence-electron chi connectivity index (χ1n) is 4.61. The van der Waals surface area contributed by atoms with Gasteiger partial charge in [-0.3, -0.25) is 0 Å². The molecule has 0 bridgehead atoms. The summed E-state index contributed by atoms with van der Waals surface area (Å²) >= 11 is 2.26. The average molecular weight is 311 g/mol. The molecule has 0 spiro atoms. The molecule has 2 nitrogen and oxygen atoms in total. The lowest BCUT2D eigenvalue weighted by atomic mass is 10.3. The second-order valence-corrected chi connectivity index (χ2v) is 4.42. The van der Waals surface area contributed by atoms with Crippen LogP contribution < -0.4 is 4.74 Å². The third kappa shape index (κ3) is 2.92. The van der Waals surface area contributed by atoms with Crippen LogP contribution in [0.4, 0.5) is 0 Å². The highest BCUT2D eigenvalue weighted by Crippen LogP contribution is 2.20. The van der Waals surface area contributed by atoms with E-state index in [1.54, 1.807) is 0 Å². The van der Waals surface area contributed by atoms with E-state index < -0.39 is 0 Å². The molecule has 0 aliphatic rings. The Morgan fingerprint density at radius 1 is 1.07 bits per heavy atom. The summed E-state index contributed by atoms with van der Waals surface area (Å²) in [5.41, 5.74) is 0.956. The van der Waals surface area contributed by atoms with Crippen LogP contribution in [0.5, 0.6) is 11.6 Å². The van der Waals surface area contributed by atoms with Gasteiger partial charge in [0.25, 0.3) is 0 Å². The molecule has 0 aliphatic carbocycles. The first-order chi connectivity index (χ1) is 7.24. The molecule has 0 fully saturated rings. The third-order valence-electron chi connectivity index (χ3n) is 1.90. The van der Waals surface area contributed by atoms with Crippen LogP contribution in [0, 0.1) is 10.5 Å². The van der Waals surface area contributed by atoms with Gasteiger partial charge in [0.1, 0.15) is 5.75 Å². The summed E-state index contributed by atoms with van der Waals surface area (Å²) < 4.78 is 6.79. The molecule has 1 aromatic heterocycles. The van der Waals surface area contributed by atoms with Crippen molar-refractivity contribution in [3.63, 3.8) is 0 Å². The van der Waals surface area contributed by atoms with Crippen LogP contribution in [0.2, 0.25) is 0 Å². The van der Waals surface area contributed by atoms with Crippen molar-refractivity contribution in [1.82, 2.24) is 4.98 Å². The van der Waals surface area contributed by atoms with Gasteiger partial charge in [-0.2, -0.15) is 0 Å². The van der Waals surface area contributed by atoms with Crippen molar-refractivity contribution >= 4 is 22.6 Å². The van der Waals surface area contributed by atoms with Crippen LogP contribution in [0.25, 0.3) is 0 Å². The van der Waals surface area contributed by atoms with Crippen LogP contribution in [-0.4, -0.2) is 4.98 Å². The number of aromatic nitrogens is 1. The number of hydrogen-bond donors (Lipinski definition) is 0. The Morgan fingerprint density at radius 2 is 1.80 bits per heavy atom. The van der Waals surface area contributed by atoms with Crippen molar-refractivity contribution in [3.05, 3.63) is 51.7 Å². The van der Waals surface area contributed by atoms with E-state index >= 15 is 0 Å². The van der Waals surface area contributed by atoms with E-state index in [1.807, 2.05) is 49.4 Å².